The van der Waals surface area contributed by atoms with Crippen molar-refractivity contribution in [2.45, 2.75) is 39.0 Å². The minimum absolute atomic E-state index is 0.160. The molecule has 1 N–H and O–H groups in total. The fourth-order valence-electron chi connectivity index (χ4n) is 2.77. The lowest BCUT2D eigenvalue weighted by molar-refractivity contribution is 0.0695. The van der Waals surface area contributed by atoms with E-state index in [1.165, 1.54) is 6.20 Å². The van der Waals surface area contributed by atoms with E-state index in [1.54, 1.807) is 6.92 Å². The van der Waals surface area contributed by atoms with Crippen LogP contribution in [0.25, 0.3) is 0 Å². The first-order chi connectivity index (χ1) is 10.0. The van der Waals surface area contributed by atoms with Gasteiger partial charge >= 0.3 is 5.97 Å². The van der Waals surface area contributed by atoms with Crippen LogP contribution in [-0.4, -0.2) is 21.0 Å². The third kappa shape index (κ3) is 2.66. The summed E-state index contributed by atoms with van der Waals surface area (Å²) < 4.78 is 0. The van der Waals surface area contributed by atoms with E-state index in [-0.39, 0.29) is 11.0 Å². The predicted octanol–water partition coefficient (Wildman–Crippen LogP) is 3.59. The van der Waals surface area contributed by atoms with Crippen LogP contribution in [0.5, 0.6) is 0 Å². The van der Waals surface area contributed by atoms with Crippen LogP contribution in [0, 0.1) is 6.92 Å². The van der Waals surface area contributed by atoms with Crippen LogP contribution in [0.2, 0.25) is 0 Å². The summed E-state index contributed by atoms with van der Waals surface area (Å²) in [5, 5.41) is 9.11. The molecule has 1 heterocycles. The highest BCUT2D eigenvalue weighted by molar-refractivity contribution is 5.88. The maximum Gasteiger partial charge on any atom is 0.339 e. The van der Waals surface area contributed by atoms with E-state index in [1.807, 2.05) is 18.2 Å². The van der Waals surface area contributed by atoms with Crippen molar-refractivity contribution in [2.24, 2.45) is 0 Å². The summed E-state index contributed by atoms with van der Waals surface area (Å²) in [7, 11) is 0. The van der Waals surface area contributed by atoms with E-state index in [2.05, 4.69) is 35.9 Å². The summed E-state index contributed by atoms with van der Waals surface area (Å²) in [6, 6.07) is 10.2. The topological polar surface area (TPSA) is 63.1 Å². The zero-order chi connectivity index (χ0) is 15.5. The van der Waals surface area contributed by atoms with Crippen LogP contribution < -0.4 is 0 Å². The number of hydrogen-bond donors (Lipinski definition) is 1. The molecule has 21 heavy (non-hydrogen) atoms. The molecule has 1 aromatic heterocycles. The average Bonchev–Trinajstić information content (AvgIpc) is 2.50. The number of hydrogen-bond acceptors (Lipinski definition) is 3. The molecule has 0 spiro atoms. The molecule has 0 radical (unpaired) electrons. The second kappa shape index (κ2) is 6.04. The molecule has 4 nitrogen and oxygen atoms in total. The van der Waals surface area contributed by atoms with Crippen molar-refractivity contribution < 1.29 is 9.90 Å². The third-order valence-corrected chi connectivity index (χ3v) is 4.17. The third-order valence-electron chi connectivity index (χ3n) is 4.17. The van der Waals surface area contributed by atoms with E-state index in [9.17, 15) is 4.79 Å². The summed E-state index contributed by atoms with van der Waals surface area (Å²) in [6.07, 6.45) is 3.14. The van der Waals surface area contributed by atoms with Gasteiger partial charge < -0.3 is 5.11 Å². The second-order valence-corrected chi connectivity index (χ2v) is 5.15. The number of carboxylic acids is 1. The van der Waals surface area contributed by atoms with Crippen LogP contribution in [-0.2, 0) is 5.41 Å². The molecule has 2 rings (SSSR count). The van der Waals surface area contributed by atoms with Crippen molar-refractivity contribution in [1.29, 1.82) is 0 Å². The van der Waals surface area contributed by atoms with Gasteiger partial charge in [-0.1, -0.05) is 44.2 Å². The van der Waals surface area contributed by atoms with E-state index in [4.69, 9.17) is 5.11 Å². The van der Waals surface area contributed by atoms with Crippen molar-refractivity contribution in [3.05, 3.63) is 59.2 Å². The lowest BCUT2D eigenvalue weighted by atomic mass is 9.75. The van der Waals surface area contributed by atoms with Gasteiger partial charge in [0.2, 0.25) is 0 Å². The maximum atomic E-state index is 11.1. The molecule has 110 valence electrons. The Kier molecular flexibility index (Phi) is 4.36. The molecule has 0 aliphatic rings. The molecule has 2 aromatic rings. The Balaban J connectivity index is 2.59. The van der Waals surface area contributed by atoms with Crippen molar-refractivity contribution in [3.63, 3.8) is 0 Å². The highest BCUT2D eigenvalue weighted by Gasteiger charge is 2.34. The number of aromatic nitrogens is 2. The molecule has 1 aromatic carbocycles. The molecule has 0 unspecified atom stereocenters. The minimum atomic E-state index is -0.989. The highest BCUT2D eigenvalue weighted by atomic mass is 16.4. The van der Waals surface area contributed by atoms with Gasteiger partial charge in [-0.2, -0.15) is 0 Å². The van der Waals surface area contributed by atoms with Crippen LogP contribution in [0.15, 0.2) is 36.5 Å². The highest BCUT2D eigenvalue weighted by Crippen LogP contribution is 2.36. The van der Waals surface area contributed by atoms with Gasteiger partial charge in [0.25, 0.3) is 0 Å². The molecule has 0 amide bonds. The van der Waals surface area contributed by atoms with Gasteiger partial charge in [-0.3, -0.25) is 0 Å². The first-order valence-corrected chi connectivity index (χ1v) is 7.18. The van der Waals surface area contributed by atoms with Gasteiger partial charge in [-0.05, 0) is 25.3 Å². The van der Waals surface area contributed by atoms with Crippen molar-refractivity contribution >= 4 is 5.97 Å². The van der Waals surface area contributed by atoms with E-state index in [0.717, 1.165) is 18.4 Å². The fraction of sp³-hybridized carbons (Fsp3) is 0.353. The van der Waals surface area contributed by atoms with Gasteiger partial charge in [0.1, 0.15) is 5.82 Å². The Morgan fingerprint density at radius 2 is 1.81 bits per heavy atom. The zero-order valence-electron chi connectivity index (χ0n) is 12.6. The first-order valence-electron chi connectivity index (χ1n) is 7.18. The Morgan fingerprint density at radius 1 is 1.19 bits per heavy atom. The van der Waals surface area contributed by atoms with Gasteiger partial charge in [-0.25, -0.2) is 14.8 Å². The fourth-order valence-corrected chi connectivity index (χ4v) is 2.77. The van der Waals surface area contributed by atoms with Crippen LogP contribution >= 0.6 is 0 Å². The number of carbonyl (C=O) groups is 1. The standard InChI is InChI=1S/C17H20N2O2/c1-4-17(5-2,13-9-7-6-8-10-13)16-18-11-14(15(20)21)12(3)19-16/h6-11H,4-5H2,1-3H3,(H,20,21). The Bertz CT molecular complexity index is 634. The average molecular weight is 284 g/mol. The van der Waals surface area contributed by atoms with Gasteiger partial charge in [-0.15, -0.1) is 0 Å². The van der Waals surface area contributed by atoms with Crippen LogP contribution in [0.3, 0.4) is 0 Å². The molecule has 0 saturated carbocycles. The quantitative estimate of drug-likeness (QED) is 0.911. The van der Waals surface area contributed by atoms with E-state index < -0.39 is 5.97 Å². The number of aromatic carboxylic acids is 1. The monoisotopic (exact) mass is 284 g/mol. The molecule has 0 saturated heterocycles. The van der Waals surface area contributed by atoms with E-state index in [0.29, 0.717) is 11.5 Å². The van der Waals surface area contributed by atoms with Crippen LogP contribution in [0.1, 0.15) is 54.1 Å². The van der Waals surface area contributed by atoms with Gasteiger partial charge in [0, 0.05) is 6.20 Å². The summed E-state index contributed by atoms with van der Waals surface area (Å²) >= 11 is 0. The second-order valence-electron chi connectivity index (χ2n) is 5.15. The number of aryl methyl sites for hydroxylation is 1. The number of rotatable bonds is 5. The predicted molar refractivity (Wildman–Crippen MR) is 81.5 cm³/mol. The summed E-state index contributed by atoms with van der Waals surface area (Å²) in [4.78, 5) is 20.0. The Hall–Kier alpha value is -2.23. The molecule has 0 fully saturated rings. The smallest absolute Gasteiger partial charge is 0.339 e. The lowest BCUT2D eigenvalue weighted by Gasteiger charge is -2.31. The van der Waals surface area contributed by atoms with E-state index >= 15 is 0 Å². The van der Waals surface area contributed by atoms with Crippen molar-refractivity contribution in [1.82, 2.24) is 9.97 Å². The molecular weight excluding hydrogens is 264 g/mol. The molecule has 0 bridgehead atoms. The largest absolute Gasteiger partial charge is 0.478 e. The lowest BCUT2D eigenvalue weighted by Crippen LogP contribution is -2.29. The van der Waals surface area contributed by atoms with Gasteiger partial charge in [0.15, 0.2) is 0 Å². The molecule has 4 heteroatoms. The maximum absolute atomic E-state index is 11.1. The molecular formula is C17H20N2O2. The van der Waals surface area contributed by atoms with Crippen molar-refractivity contribution in [3.8, 4) is 0 Å². The molecule has 0 aliphatic heterocycles. The Labute approximate surface area is 124 Å². The molecule has 0 atom stereocenters. The first kappa shape index (κ1) is 15.2. The number of benzene rings is 1. The number of nitrogens with zero attached hydrogens (tertiary/aromatic N) is 2. The van der Waals surface area contributed by atoms with Crippen molar-refractivity contribution in [2.75, 3.05) is 0 Å². The zero-order valence-corrected chi connectivity index (χ0v) is 12.6. The van der Waals surface area contributed by atoms with Gasteiger partial charge in [0.05, 0.1) is 16.7 Å². The Morgan fingerprint density at radius 3 is 2.29 bits per heavy atom. The normalized spacial score (nSPS) is 11.4. The summed E-state index contributed by atoms with van der Waals surface area (Å²) in [6.45, 7) is 5.94. The molecule has 0 aliphatic carbocycles. The SMILES string of the molecule is CCC(CC)(c1ccccc1)c1ncc(C(=O)O)c(C)n1. The number of carboxylic acid groups (broad SMARTS) is 1. The summed E-state index contributed by atoms with van der Waals surface area (Å²) in [5.74, 6) is -0.293. The van der Waals surface area contributed by atoms with Crippen LogP contribution in [0.4, 0.5) is 0 Å². The summed E-state index contributed by atoms with van der Waals surface area (Å²) in [5.41, 5.74) is 1.56. The minimum Gasteiger partial charge on any atom is -0.478 e.